The normalized spacial score (nSPS) is 34.2. The summed E-state index contributed by atoms with van der Waals surface area (Å²) in [5, 5.41) is 7.33. The van der Waals surface area contributed by atoms with Crippen LogP contribution in [-0.2, 0) is 0 Å². The Kier molecular flexibility index (Phi) is 2.61. The Morgan fingerprint density at radius 2 is 1.85 bits per heavy atom. The predicted molar refractivity (Wildman–Crippen MR) is 55.9 cm³/mol. The van der Waals surface area contributed by atoms with Crippen molar-refractivity contribution in [1.82, 2.24) is 10.6 Å². The van der Waals surface area contributed by atoms with Crippen LogP contribution in [0.15, 0.2) is 0 Å². The third kappa shape index (κ3) is 2.44. The van der Waals surface area contributed by atoms with Crippen LogP contribution in [0.2, 0.25) is 0 Å². The van der Waals surface area contributed by atoms with Crippen LogP contribution < -0.4 is 10.6 Å². The first-order valence-corrected chi connectivity index (χ1v) is 5.67. The molecule has 76 valence electrons. The van der Waals surface area contributed by atoms with Crippen LogP contribution in [0.5, 0.6) is 0 Å². The molecule has 1 aliphatic heterocycles. The minimum Gasteiger partial charge on any atom is -0.310 e. The van der Waals surface area contributed by atoms with Crippen LogP contribution in [0, 0.1) is 0 Å². The van der Waals surface area contributed by atoms with Gasteiger partial charge in [0.05, 0.1) is 0 Å². The van der Waals surface area contributed by atoms with Gasteiger partial charge in [0.25, 0.3) is 0 Å². The molecule has 1 atom stereocenters. The summed E-state index contributed by atoms with van der Waals surface area (Å²) in [5.74, 6) is 0. The molecule has 0 aromatic rings. The first-order valence-electron chi connectivity index (χ1n) is 5.67. The zero-order chi connectivity index (χ0) is 9.31. The van der Waals surface area contributed by atoms with Gasteiger partial charge < -0.3 is 10.6 Å². The SMILES string of the molecule is CC1(C)CC(NC2CCCC2)CN1. The van der Waals surface area contributed by atoms with E-state index < -0.39 is 0 Å². The van der Waals surface area contributed by atoms with E-state index in [9.17, 15) is 0 Å². The van der Waals surface area contributed by atoms with Gasteiger partial charge in [0.2, 0.25) is 0 Å². The quantitative estimate of drug-likeness (QED) is 0.678. The van der Waals surface area contributed by atoms with Crippen LogP contribution in [0.1, 0.15) is 46.0 Å². The molecule has 0 amide bonds. The fraction of sp³-hybridized carbons (Fsp3) is 1.00. The van der Waals surface area contributed by atoms with Gasteiger partial charge in [-0.15, -0.1) is 0 Å². The standard InChI is InChI=1S/C11H22N2/c1-11(2)7-10(8-12-11)13-9-5-3-4-6-9/h9-10,12-13H,3-8H2,1-2H3. The van der Waals surface area contributed by atoms with E-state index in [4.69, 9.17) is 0 Å². The summed E-state index contributed by atoms with van der Waals surface area (Å²) < 4.78 is 0. The molecule has 1 saturated carbocycles. The van der Waals surface area contributed by atoms with E-state index in [-0.39, 0.29) is 0 Å². The van der Waals surface area contributed by atoms with E-state index in [1.807, 2.05) is 0 Å². The number of rotatable bonds is 2. The molecule has 1 saturated heterocycles. The summed E-state index contributed by atoms with van der Waals surface area (Å²) in [4.78, 5) is 0. The molecule has 2 nitrogen and oxygen atoms in total. The van der Waals surface area contributed by atoms with Gasteiger partial charge in [0.1, 0.15) is 0 Å². The van der Waals surface area contributed by atoms with E-state index in [0.29, 0.717) is 5.54 Å². The van der Waals surface area contributed by atoms with E-state index in [1.54, 1.807) is 0 Å². The Hall–Kier alpha value is -0.0800. The van der Waals surface area contributed by atoms with Crippen molar-refractivity contribution in [3.8, 4) is 0 Å². The van der Waals surface area contributed by atoms with Gasteiger partial charge in [-0.1, -0.05) is 12.8 Å². The molecule has 1 unspecified atom stereocenters. The lowest BCUT2D eigenvalue weighted by Crippen LogP contribution is -2.37. The van der Waals surface area contributed by atoms with Gasteiger partial charge in [0.15, 0.2) is 0 Å². The maximum atomic E-state index is 3.77. The lowest BCUT2D eigenvalue weighted by atomic mass is 10.0. The second-order valence-corrected chi connectivity index (χ2v) is 5.31. The van der Waals surface area contributed by atoms with Crippen LogP contribution in [0.4, 0.5) is 0 Å². The fourth-order valence-electron chi connectivity index (χ4n) is 2.70. The summed E-state index contributed by atoms with van der Waals surface area (Å²) in [6.07, 6.45) is 6.94. The number of hydrogen-bond donors (Lipinski definition) is 2. The van der Waals surface area contributed by atoms with Gasteiger partial charge in [-0.25, -0.2) is 0 Å². The van der Waals surface area contributed by atoms with Crippen molar-refractivity contribution in [3.63, 3.8) is 0 Å². The van der Waals surface area contributed by atoms with Crippen LogP contribution in [0.3, 0.4) is 0 Å². The molecule has 1 heterocycles. The van der Waals surface area contributed by atoms with Crippen molar-refractivity contribution in [2.45, 2.75) is 63.6 Å². The second-order valence-electron chi connectivity index (χ2n) is 5.31. The molecule has 0 radical (unpaired) electrons. The zero-order valence-electron chi connectivity index (χ0n) is 8.90. The van der Waals surface area contributed by atoms with Gasteiger partial charge >= 0.3 is 0 Å². The molecule has 0 bridgehead atoms. The van der Waals surface area contributed by atoms with Crippen molar-refractivity contribution >= 4 is 0 Å². The highest BCUT2D eigenvalue weighted by Crippen LogP contribution is 2.22. The van der Waals surface area contributed by atoms with Crippen molar-refractivity contribution in [2.24, 2.45) is 0 Å². The summed E-state index contributed by atoms with van der Waals surface area (Å²) in [6.45, 7) is 5.75. The third-order valence-electron chi connectivity index (χ3n) is 3.41. The highest BCUT2D eigenvalue weighted by Gasteiger charge is 2.31. The Morgan fingerprint density at radius 3 is 2.38 bits per heavy atom. The first-order chi connectivity index (χ1) is 6.16. The van der Waals surface area contributed by atoms with Crippen molar-refractivity contribution < 1.29 is 0 Å². The van der Waals surface area contributed by atoms with E-state index in [1.165, 1.54) is 32.1 Å². The third-order valence-corrected chi connectivity index (χ3v) is 3.41. The average molecular weight is 182 g/mol. The topological polar surface area (TPSA) is 24.1 Å². The highest BCUT2D eigenvalue weighted by molar-refractivity contribution is 4.94. The Bertz CT molecular complexity index is 171. The van der Waals surface area contributed by atoms with Crippen LogP contribution in [0.25, 0.3) is 0 Å². The maximum Gasteiger partial charge on any atom is 0.0212 e. The summed E-state index contributed by atoms with van der Waals surface area (Å²) in [6, 6.07) is 1.54. The van der Waals surface area contributed by atoms with Gasteiger partial charge in [-0.3, -0.25) is 0 Å². The van der Waals surface area contributed by atoms with E-state index >= 15 is 0 Å². The van der Waals surface area contributed by atoms with Gasteiger partial charge in [-0.05, 0) is 33.1 Å². The fourth-order valence-corrected chi connectivity index (χ4v) is 2.70. The Balaban J connectivity index is 1.77. The zero-order valence-corrected chi connectivity index (χ0v) is 8.90. The summed E-state index contributed by atoms with van der Waals surface area (Å²) in [7, 11) is 0. The minimum absolute atomic E-state index is 0.357. The molecule has 2 aliphatic rings. The highest BCUT2D eigenvalue weighted by atomic mass is 15.1. The molecule has 1 aliphatic carbocycles. The maximum absolute atomic E-state index is 3.77. The first kappa shape index (κ1) is 9.47. The predicted octanol–water partition coefficient (Wildman–Crippen LogP) is 1.66. The van der Waals surface area contributed by atoms with Crippen molar-refractivity contribution in [3.05, 3.63) is 0 Å². The number of nitrogens with one attached hydrogen (secondary N) is 2. The minimum atomic E-state index is 0.357. The molecule has 2 N–H and O–H groups in total. The average Bonchev–Trinajstić information content (AvgIpc) is 2.61. The lowest BCUT2D eigenvalue weighted by molar-refractivity contribution is 0.414. The van der Waals surface area contributed by atoms with E-state index in [2.05, 4.69) is 24.5 Å². The molecular weight excluding hydrogens is 160 g/mol. The summed E-state index contributed by atoms with van der Waals surface area (Å²) in [5.41, 5.74) is 0.357. The molecule has 2 rings (SSSR count). The second kappa shape index (κ2) is 3.58. The van der Waals surface area contributed by atoms with Crippen LogP contribution >= 0.6 is 0 Å². The molecule has 2 fully saturated rings. The Labute approximate surface area is 81.5 Å². The van der Waals surface area contributed by atoms with Gasteiger partial charge in [-0.2, -0.15) is 0 Å². The molecule has 0 spiro atoms. The molecular formula is C11H22N2. The largest absolute Gasteiger partial charge is 0.310 e. The molecule has 2 heteroatoms. The smallest absolute Gasteiger partial charge is 0.0212 e. The summed E-state index contributed by atoms with van der Waals surface area (Å²) >= 11 is 0. The lowest BCUT2D eigenvalue weighted by Gasteiger charge is -2.20. The molecule has 0 aromatic carbocycles. The molecule has 13 heavy (non-hydrogen) atoms. The number of hydrogen-bond acceptors (Lipinski definition) is 2. The monoisotopic (exact) mass is 182 g/mol. The van der Waals surface area contributed by atoms with Crippen molar-refractivity contribution in [1.29, 1.82) is 0 Å². The molecule has 0 aromatic heterocycles. The van der Waals surface area contributed by atoms with Gasteiger partial charge in [0, 0.05) is 24.2 Å². The Morgan fingerprint density at radius 1 is 1.15 bits per heavy atom. The van der Waals surface area contributed by atoms with Crippen LogP contribution in [-0.4, -0.2) is 24.2 Å². The van der Waals surface area contributed by atoms with Crippen molar-refractivity contribution in [2.75, 3.05) is 6.54 Å². The van der Waals surface area contributed by atoms with E-state index in [0.717, 1.165) is 18.6 Å².